The third kappa shape index (κ3) is 5.24. The quantitative estimate of drug-likeness (QED) is 0.454. The van der Waals surface area contributed by atoms with Crippen LogP contribution in [0, 0.1) is 0 Å². The third-order valence-electron chi connectivity index (χ3n) is 4.84. The lowest BCUT2D eigenvalue weighted by molar-refractivity contribution is 0.316. The molecular weight excluding hydrogens is 445 g/mol. The van der Waals surface area contributed by atoms with Crippen molar-refractivity contribution >= 4 is 51.5 Å². The van der Waals surface area contributed by atoms with Crippen molar-refractivity contribution in [3.63, 3.8) is 0 Å². The first-order valence-electron chi connectivity index (χ1n) is 9.73. The van der Waals surface area contributed by atoms with Crippen molar-refractivity contribution < 1.29 is 4.74 Å². The van der Waals surface area contributed by atoms with E-state index in [9.17, 15) is 0 Å². The number of nitrogens with zero attached hydrogens (tertiary/aromatic N) is 4. The SMILES string of the molecule is CCN(CC)CCNc1nc(-c2ccc(OC)c3ccccc23)nc(C(Cl)(Cl)Cl)n1. The first kappa shape index (κ1) is 22.8. The maximum Gasteiger partial charge on any atom is 0.250 e. The summed E-state index contributed by atoms with van der Waals surface area (Å²) in [6, 6.07) is 11.7. The van der Waals surface area contributed by atoms with E-state index in [-0.39, 0.29) is 5.82 Å². The predicted octanol–water partition coefficient (Wildman–Crippen LogP) is 5.28. The Balaban J connectivity index is 2.03. The number of aromatic nitrogens is 3. The molecule has 1 N–H and O–H groups in total. The fraction of sp³-hybridized carbons (Fsp3) is 0.381. The van der Waals surface area contributed by atoms with E-state index in [1.807, 2.05) is 36.4 Å². The minimum absolute atomic E-state index is 0.0720. The summed E-state index contributed by atoms with van der Waals surface area (Å²) in [5.74, 6) is 1.63. The third-order valence-corrected chi connectivity index (χ3v) is 5.35. The number of alkyl halides is 3. The van der Waals surface area contributed by atoms with Gasteiger partial charge in [0, 0.05) is 24.0 Å². The molecule has 0 saturated heterocycles. The number of nitrogens with one attached hydrogen (secondary N) is 1. The molecular formula is C21H24Cl3N5O. The molecule has 0 aliphatic carbocycles. The summed E-state index contributed by atoms with van der Waals surface area (Å²) >= 11 is 18.3. The van der Waals surface area contributed by atoms with Crippen LogP contribution >= 0.6 is 34.8 Å². The Morgan fingerprint density at radius 2 is 1.67 bits per heavy atom. The first-order chi connectivity index (χ1) is 14.4. The standard InChI is InChI=1S/C21H24Cl3N5O/c1-4-29(5-2)13-12-25-20-27-18(26-19(28-20)21(22,23)24)16-10-11-17(30-3)15-9-7-6-8-14(15)16/h6-11H,4-5,12-13H2,1-3H3,(H,25,26,27,28). The largest absolute Gasteiger partial charge is 0.496 e. The molecule has 0 spiro atoms. The normalized spacial score (nSPS) is 11.8. The van der Waals surface area contributed by atoms with Crippen molar-refractivity contribution in [3.05, 3.63) is 42.2 Å². The highest BCUT2D eigenvalue weighted by Crippen LogP contribution is 2.38. The zero-order chi connectivity index (χ0) is 21.7. The predicted molar refractivity (Wildman–Crippen MR) is 125 cm³/mol. The molecule has 0 aliphatic heterocycles. The van der Waals surface area contributed by atoms with E-state index in [0.717, 1.165) is 41.7 Å². The molecule has 9 heteroatoms. The molecule has 0 amide bonds. The Morgan fingerprint density at radius 1 is 0.967 bits per heavy atom. The van der Waals surface area contributed by atoms with Crippen molar-refractivity contribution in [2.75, 3.05) is 38.6 Å². The number of methoxy groups -OCH3 is 1. The molecule has 0 fully saturated rings. The molecule has 2 aromatic carbocycles. The maximum atomic E-state index is 6.11. The molecule has 0 atom stereocenters. The Morgan fingerprint density at radius 3 is 2.30 bits per heavy atom. The summed E-state index contributed by atoms with van der Waals surface area (Å²) in [4.78, 5) is 15.7. The molecule has 160 valence electrons. The summed E-state index contributed by atoms with van der Waals surface area (Å²) in [7, 11) is 1.64. The molecule has 0 unspecified atom stereocenters. The Labute approximate surface area is 191 Å². The van der Waals surface area contributed by atoms with Gasteiger partial charge in [-0.2, -0.15) is 9.97 Å². The van der Waals surface area contributed by atoms with Gasteiger partial charge in [0.15, 0.2) is 11.6 Å². The first-order valence-corrected chi connectivity index (χ1v) is 10.9. The van der Waals surface area contributed by atoms with Gasteiger partial charge in [-0.05, 0) is 30.6 Å². The number of fused-ring (bicyclic) bond motifs is 1. The fourth-order valence-electron chi connectivity index (χ4n) is 3.21. The van der Waals surface area contributed by atoms with E-state index in [1.54, 1.807) is 7.11 Å². The molecule has 3 rings (SSSR count). The van der Waals surface area contributed by atoms with Crippen LogP contribution in [0.3, 0.4) is 0 Å². The number of benzene rings is 2. The highest BCUT2D eigenvalue weighted by Gasteiger charge is 2.29. The van der Waals surface area contributed by atoms with Crippen molar-refractivity contribution in [1.29, 1.82) is 0 Å². The molecule has 3 aromatic rings. The number of halogens is 3. The average Bonchev–Trinajstić information content (AvgIpc) is 2.75. The number of hydrogen-bond acceptors (Lipinski definition) is 6. The number of rotatable bonds is 8. The van der Waals surface area contributed by atoms with E-state index >= 15 is 0 Å². The Kier molecular flexibility index (Phi) is 7.58. The molecule has 0 bridgehead atoms. The van der Waals surface area contributed by atoms with Crippen LogP contribution < -0.4 is 10.1 Å². The summed E-state index contributed by atoms with van der Waals surface area (Å²) in [6.07, 6.45) is 0. The Hall–Kier alpha value is -1.86. The van der Waals surface area contributed by atoms with E-state index in [4.69, 9.17) is 39.5 Å². The minimum atomic E-state index is -1.77. The topological polar surface area (TPSA) is 63.2 Å². The second-order valence-electron chi connectivity index (χ2n) is 6.62. The monoisotopic (exact) mass is 467 g/mol. The highest BCUT2D eigenvalue weighted by molar-refractivity contribution is 6.66. The van der Waals surface area contributed by atoms with Gasteiger partial charge in [-0.15, -0.1) is 0 Å². The van der Waals surface area contributed by atoms with Crippen LogP contribution in [-0.2, 0) is 3.79 Å². The number of anilines is 1. The molecule has 0 saturated carbocycles. The molecule has 30 heavy (non-hydrogen) atoms. The van der Waals surface area contributed by atoms with Gasteiger partial charge in [-0.1, -0.05) is 72.9 Å². The second kappa shape index (κ2) is 9.96. The van der Waals surface area contributed by atoms with Gasteiger partial charge < -0.3 is 15.0 Å². The highest BCUT2D eigenvalue weighted by atomic mass is 35.6. The van der Waals surface area contributed by atoms with Crippen molar-refractivity contribution in [2.45, 2.75) is 17.6 Å². The number of ether oxygens (including phenoxy) is 1. The lowest BCUT2D eigenvalue weighted by Gasteiger charge is -2.19. The smallest absolute Gasteiger partial charge is 0.250 e. The summed E-state index contributed by atoms with van der Waals surface area (Å²) in [5, 5.41) is 5.12. The van der Waals surface area contributed by atoms with Crippen LogP contribution in [0.5, 0.6) is 5.75 Å². The average molecular weight is 469 g/mol. The van der Waals surface area contributed by atoms with Crippen molar-refractivity contribution in [3.8, 4) is 17.1 Å². The van der Waals surface area contributed by atoms with E-state index in [1.165, 1.54) is 0 Å². The summed E-state index contributed by atoms with van der Waals surface area (Å²) < 4.78 is 3.71. The second-order valence-corrected chi connectivity index (χ2v) is 8.90. The van der Waals surface area contributed by atoms with Gasteiger partial charge in [0.1, 0.15) is 5.75 Å². The van der Waals surface area contributed by atoms with Gasteiger partial charge in [-0.3, -0.25) is 0 Å². The van der Waals surface area contributed by atoms with Crippen LogP contribution in [0.2, 0.25) is 0 Å². The number of likely N-dealkylation sites (N-methyl/N-ethyl adjacent to an activating group) is 1. The van der Waals surface area contributed by atoms with Crippen molar-refractivity contribution in [2.24, 2.45) is 0 Å². The van der Waals surface area contributed by atoms with E-state index < -0.39 is 3.79 Å². The molecule has 0 aliphatic rings. The van der Waals surface area contributed by atoms with Crippen LogP contribution in [0.15, 0.2) is 36.4 Å². The Bertz CT molecular complexity index is 1010. The zero-order valence-electron chi connectivity index (χ0n) is 17.1. The van der Waals surface area contributed by atoms with Crippen LogP contribution in [-0.4, -0.2) is 53.1 Å². The van der Waals surface area contributed by atoms with Crippen LogP contribution in [0.25, 0.3) is 22.2 Å². The fourth-order valence-corrected chi connectivity index (χ4v) is 3.47. The van der Waals surface area contributed by atoms with Gasteiger partial charge >= 0.3 is 0 Å². The van der Waals surface area contributed by atoms with Gasteiger partial charge in [0.25, 0.3) is 0 Å². The maximum absolute atomic E-state index is 6.11. The molecule has 0 radical (unpaired) electrons. The lowest BCUT2D eigenvalue weighted by Crippen LogP contribution is -2.29. The molecule has 1 heterocycles. The van der Waals surface area contributed by atoms with Crippen LogP contribution in [0.1, 0.15) is 19.7 Å². The van der Waals surface area contributed by atoms with Crippen molar-refractivity contribution in [1.82, 2.24) is 19.9 Å². The zero-order valence-corrected chi connectivity index (χ0v) is 19.4. The molecule has 1 aromatic heterocycles. The van der Waals surface area contributed by atoms with Gasteiger partial charge in [0.05, 0.1) is 7.11 Å². The minimum Gasteiger partial charge on any atom is -0.496 e. The van der Waals surface area contributed by atoms with Gasteiger partial charge in [-0.25, -0.2) is 4.98 Å². The lowest BCUT2D eigenvalue weighted by atomic mass is 10.0. The van der Waals surface area contributed by atoms with Crippen LogP contribution in [0.4, 0.5) is 5.95 Å². The van der Waals surface area contributed by atoms with E-state index in [0.29, 0.717) is 18.3 Å². The number of hydrogen-bond donors (Lipinski definition) is 1. The van der Waals surface area contributed by atoms with Gasteiger partial charge in [0.2, 0.25) is 9.74 Å². The summed E-state index contributed by atoms with van der Waals surface area (Å²) in [5.41, 5.74) is 0.802. The summed E-state index contributed by atoms with van der Waals surface area (Å²) in [6.45, 7) is 7.70. The van der Waals surface area contributed by atoms with E-state index in [2.05, 4.69) is 39.0 Å². The molecule has 6 nitrogen and oxygen atoms in total.